The van der Waals surface area contributed by atoms with Crippen LogP contribution in [0.4, 0.5) is 5.69 Å². The minimum atomic E-state index is 0.959. The molecule has 3 nitrogen and oxygen atoms in total. The molecule has 3 heterocycles. The van der Waals surface area contributed by atoms with Crippen molar-refractivity contribution in [1.82, 2.24) is 0 Å². The molecule has 3 rings (SSSR count). The van der Waals surface area contributed by atoms with Crippen molar-refractivity contribution >= 4 is 18.1 Å². The molecule has 12 heavy (non-hydrogen) atoms. The fourth-order valence-corrected chi connectivity index (χ4v) is 1.47. The Bertz CT molecular complexity index is 474. The number of nitrogens with zero attached hydrogens (tertiary/aromatic N) is 3. The summed E-state index contributed by atoms with van der Waals surface area (Å²) in [6.45, 7) is 0. The summed E-state index contributed by atoms with van der Waals surface area (Å²) in [5.74, 6) is 0. The van der Waals surface area contributed by atoms with Crippen molar-refractivity contribution in [2.75, 3.05) is 0 Å². The SMILES string of the molecule is C1=Cc2c3c(cc[n+]2=C1)=NC=N3. The maximum atomic E-state index is 4.19. The van der Waals surface area contributed by atoms with Crippen LogP contribution in [0.2, 0.25) is 0 Å². The van der Waals surface area contributed by atoms with E-state index in [0.717, 1.165) is 16.7 Å². The number of fused-ring (bicyclic) bond motifs is 3. The number of rotatable bonds is 0. The van der Waals surface area contributed by atoms with Gasteiger partial charge < -0.3 is 0 Å². The summed E-state index contributed by atoms with van der Waals surface area (Å²) in [5, 5.41) is 0.959. The van der Waals surface area contributed by atoms with Crippen molar-refractivity contribution in [3.63, 3.8) is 0 Å². The Morgan fingerprint density at radius 1 is 1.33 bits per heavy atom. The van der Waals surface area contributed by atoms with Crippen molar-refractivity contribution in [3.8, 4) is 0 Å². The van der Waals surface area contributed by atoms with Gasteiger partial charge in [-0.25, -0.2) is 9.98 Å². The van der Waals surface area contributed by atoms with Gasteiger partial charge in [0, 0.05) is 18.2 Å². The maximum absolute atomic E-state index is 4.19. The first-order chi connectivity index (χ1) is 5.95. The van der Waals surface area contributed by atoms with Crippen LogP contribution in [0.5, 0.6) is 0 Å². The zero-order chi connectivity index (χ0) is 7.97. The molecule has 0 N–H and O–H groups in total. The van der Waals surface area contributed by atoms with Crippen LogP contribution in [0.3, 0.4) is 0 Å². The molecule has 56 valence electrons. The van der Waals surface area contributed by atoms with Crippen LogP contribution >= 0.6 is 0 Å². The monoisotopic (exact) mass is 156 g/mol. The Labute approximate surface area is 68.8 Å². The van der Waals surface area contributed by atoms with E-state index in [4.69, 9.17) is 0 Å². The molecule has 0 aromatic carbocycles. The zero-order valence-electron chi connectivity index (χ0n) is 6.31. The standard InChI is InChI=1S/C9H6N3/c1-2-8-9-7(10-6-11-9)3-5-12(8)4-1/h1-6H/q+1. The third kappa shape index (κ3) is 0.580. The number of aliphatic imine (C=N–C) groups is 1. The first kappa shape index (κ1) is 5.83. The second kappa shape index (κ2) is 1.88. The van der Waals surface area contributed by atoms with Gasteiger partial charge in [-0.1, -0.05) is 0 Å². The molecule has 2 aliphatic rings. The highest BCUT2D eigenvalue weighted by atomic mass is 15.0. The van der Waals surface area contributed by atoms with Gasteiger partial charge in [0.1, 0.15) is 11.7 Å². The summed E-state index contributed by atoms with van der Waals surface area (Å²) in [7, 11) is 0. The van der Waals surface area contributed by atoms with E-state index in [1.54, 1.807) is 6.34 Å². The highest BCUT2D eigenvalue weighted by Crippen LogP contribution is 2.14. The van der Waals surface area contributed by atoms with Gasteiger partial charge in [0.2, 0.25) is 5.69 Å². The fourth-order valence-electron chi connectivity index (χ4n) is 1.47. The predicted octanol–water partition coefficient (Wildman–Crippen LogP) is 0.304. The van der Waals surface area contributed by atoms with E-state index in [9.17, 15) is 0 Å². The number of allylic oxidation sites excluding steroid dienone is 1. The minimum absolute atomic E-state index is 0.959. The lowest BCUT2D eigenvalue weighted by Crippen LogP contribution is -2.21. The highest BCUT2D eigenvalue weighted by Gasteiger charge is 2.15. The van der Waals surface area contributed by atoms with E-state index in [2.05, 4.69) is 9.98 Å². The summed E-state index contributed by atoms with van der Waals surface area (Å²) in [6, 6.07) is 1.97. The van der Waals surface area contributed by atoms with Gasteiger partial charge in [-0.3, -0.25) is 0 Å². The van der Waals surface area contributed by atoms with Crippen LogP contribution in [0, 0.1) is 6.21 Å². The van der Waals surface area contributed by atoms with E-state index in [0.29, 0.717) is 0 Å². The second-order valence-corrected chi connectivity index (χ2v) is 2.72. The molecule has 0 spiro atoms. The van der Waals surface area contributed by atoms with Gasteiger partial charge in [-0.05, 0) is 0 Å². The fraction of sp³-hybridized carbons (Fsp3) is 0. The number of hydrogen-bond donors (Lipinski definition) is 0. The van der Waals surface area contributed by atoms with Gasteiger partial charge in [-0.15, -0.1) is 0 Å². The molecule has 0 bridgehead atoms. The molecule has 0 radical (unpaired) electrons. The molecule has 2 aliphatic heterocycles. The lowest BCUT2D eigenvalue weighted by Gasteiger charge is -1.87. The number of pyridine rings is 1. The van der Waals surface area contributed by atoms with Crippen LogP contribution in [-0.4, -0.2) is 6.34 Å². The molecule has 0 atom stereocenters. The first-order valence-corrected chi connectivity index (χ1v) is 3.78. The summed E-state index contributed by atoms with van der Waals surface area (Å²) in [6.07, 6.45) is 9.63. The average Bonchev–Trinajstić information content (AvgIpc) is 2.71. The van der Waals surface area contributed by atoms with Gasteiger partial charge in [0.15, 0.2) is 18.1 Å². The van der Waals surface area contributed by atoms with Crippen molar-refractivity contribution in [2.45, 2.75) is 0 Å². The molecule has 0 fully saturated rings. The molecule has 3 heteroatoms. The third-order valence-corrected chi connectivity index (χ3v) is 2.04. The Morgan fingerprint density at radius 2 is 2.33 bits per heavy atom. The Kier molecular flexibility index (Phi) is 0.913. The first-order valence-electron chi connectivity index (χ1n) is 3.78. The van der Waals surface area contributed by atoms with Crippen LogP contribution in [0.25, 0.3) is 6.08 Å². The third-order valence-electron chi connectivity index (χ3n) is 2.04. The van der Waals surface area contributed by atoms with E-state index >= 15 is 0 Å². The quantitative estimate of drug-likeness (QED) is 0.484. The van der Waals surface area contributed by atoms with Crippen LogP contribution < -0.4 is 9.60 Å². The molecule has 0 saturated heterocycles. The van der Waals surface area contributed by atoms with Gasteiger partial charge in [-0.2, -0.15) is 4.24 Å². The molecule has 0 aliphatic carbocycles. The van der Waals surface area contributed by atoms with Crippen LogP contribution in [-0.2, 0) is 0 Å². The lowest BCUT2D eigenvalue weighted by molar-refractivity contribution is -0.505. The van der Waals surface area contributed by atoms with Gasteiger partial charge in [0.25, 0.3) is 0 Å². The van der Waals surface area contributed by atoms with Crippen molar-refractivity contribution in [1.29, 1.82) is 0 Å². The highest BCUT2D eigenvalue weighted by molar-refractivity contribution is 5.71. The van der Waals surface area contributed by atoms with E-state index in [1.807, 2.05) is 34.9 Å². The molecule has 0 unspecified atom stereocenters. The van der Waals surface area contributed by atoms with Gasteiger partial charge >= 0.3 is 0 Å². The molecule has 0 saturated carbocycles. The lowest BCUT2D eigenvalue weighted by atomic mass is 10.3. The van der Waals surface area contributed by atoms with E-state index < -0.39 is 0 Å². The Hall–Kier alpha value is -1.77. The topological polar surface area (TPSA) is 30.6 Å². The average molecular weight is 156 g/mol. The van der Waals surface area contributed by atoms with Crippen LogP contribution in [0.15, 0.2) is 28.3 Å². The Balaban J connectivity index is 2.57. The summed E-state index contributed by atoms with van der Waals surface area (Å²) in [5.41, 5.74) is 2.09. The van der Waals surface area contributed by atoms with E-state index in [-0.39, 0.29) is 0 Å². The molecular formula is C9H6N3+. The van der Waals surface area contributed by atoms with Crippen molar-refractivity contribution in [2.24, 2.45) is 9.98 Å². The maximum Gasteiger partial charge on any atom is 0.238 e. The van der Waals surface area contributed by atoms with E-state index in [1.165, 1.54) is 0 Å². The number of aromatic nitrogens is 1. The normalized spacial score (nSPS) is 15.3. The van der Waals surface area contributed by atoms with Crippen molar-refractivity contribution in [3.05, 3.63) is 35.6 Å². The summed E-state index contributed by atoms with van der Waals surface area (Å²) < 4.78 is 2.04. The predicted molar refractivity (Wildman–Crippen MR) is 44.7 cm³/mol. The molecule has 1 aromatic rings. The largest absolute Gasteiger partial charge is 0.238 e. The van der Waals surface area contributed by atoms with Crippen LogP contribution in [0.1, 0.15) is 5.69 Å². The molecular weight excluding hydrogens is 150 g/mol. The Morgan fingerprint density at radius 3 is 3.33 bits per heavy atom. The molecule has 1 aromatic heterocycles. The molecule has 0 amide bonds. The number of hydrogen-bond acceptors (Lipinski definition) is 2. The zero-order valence-corrected chi connectivity index (χ0v) is 6.31. The van der Waals surface area contributed by atoms with Crippen molar-refractivity contribution < 1.29 is 4.24 Å². The summed E-state index contributed by atoms with van der Waals surface area (Å²) in [4.78, 5) is 8.31. The summed E-state index contributed by atoms with van der Waals surface area (Å²) >= 11 is 0. The van der Waals surface area contributed by atoms with Gasteiger partial charge in [0.05, 0.1) is 0 Å². The smallest absolute Gasteiger partial charge is 0.234 e. The minimum Gasteiger partial charge on any atom is -0.234 e. The second-order valence-electron chi connectivity index (χ2n) is 2.72.